The average Bonchev–Trinajstić information content (AvgIpc) is 2.28. The number of likely N-dealkylation sites (N-methyl/N-ethyl adjacent to an activating group) is 1. The van der Waals surface area contributed by atoms with Gasteiger partial charge in [-0.3, -0.25) is 9.59 Å². The molecule has 1 aromatic carbocycles. The maximum atomic E-state index is 11.2. The second-order valence-electron chi connectivity index (χ2n) is 3.06. The van der Waals surface area contributed by atoms with Crippen molar-refractivity contribution in [2.45, 2.75) is 13.0 Å². The summed E-state index contributed by atoms with van der Waals surface area (Å²) in [6, 6.07) is 6.67. The minimum absolute atomic E-state index is 0.202. The van der Waals surface area contributed by atoms with Crippen LogP contribution in [0.5, 0.6) is 5.75 Å². The van der Waals surface area contributed by atoms with Crippen molar-refractivity contribution in [3.05, 3.63) is 29.8 Å². The highest BCUT2D eigenvalue weighted by atomic mass is 16.5. The molecule has 15 heavy (non-hydrogen) atoms. The molecule has 0 aliphatic heterocycles. The standard InChI is InChI=1S/C11H13NO3/c1-8(11(14)12-2)15-10-5-3-4-9(6-10)7-13/h3-8H,1-2H3,(H,12,14). The van der Waals surface area contributed by atoms with Gasteiger partial charge in [0.05, 0.1) is 0 Å². The Morgan fingerprint density at radius 2 is 2.27 bits per heavy atom. The van der Waals surface area contributed by atoms with E-state index in [2.05, 4.69) is 5.32 Å². The number of carbonyl (C=O) groups excluding carboxylic acids is 2. The zero-order valence-corrected chi connectivity index (χ0v) is 8.69. The first-order valence-electron chi connectivity index (χ1n) is 4.61. The van der Waals surface area contributed by atoms with Crippen LogP contribution in [0.1, 0.15) is 17.3 Å². The molecule has 0 saturated carbocycles. The Morgan fingerprint density at radius 3 is 2.87 bits per heavy atom. The van der Waals surface area contributed by atoms with Crippen molar-refractivity contribution in [3.63, 3.8) is 0 Å². The van der Waals surface area contributed by atoms with Gasteiger partial charge in [-0.25, -0.2) is 0 Å². The zero-order valence-electron chi connectivity index (χ0n) is 8.69. The van der Waals surface area contributed by atoms with Crippen molar-refractivity contribution in [1.29, 1.82) is 0 Å². The van der Waals surface area contributed by atoms with Gasteiger partial charge in [0, 0.05) is 12.6 Å². The fourth-order valence-electron chi connectivity index (χ4n) is 1.12. The Kier molecular flexibility index (Phi) is 3.85. The highest BCUT2D eigenvalue weighted by Gasteiger charge is 2.12. The quantitative estimate of drug-likeness (QED) is 0.750. The molecule has 80 valence electrons. The Hall–Kier alpha value is -1.84. The first-order chi connectivity index (χ1) is 7.17. The number of ether oxygens (including phenoxy) is 1. The van der Waals surface area contributed by atoms with E-state index < -0.39 is 6.10 Å². The van der Waals surface area contributed by atoms with Crippen LogP contribution in [0.4, 0.5) is 0 Å². The lowest BCUT2D eigenvalue weighted by atomic mass is 10.2. The summed E-state index contributed by atoms with van der Waals surface area (Å²) in [7, 11) is 1.55. The maximum absolute atomic E-state index is 11.2. The van der Waals surface area contributed by atoms with Gasteiger partial charge in [-0.15, -0.1) is 0 Å². The number of amides is 1. The second kappa shape index (κ2) is 5.14. The summed E-state index contributed by atoms with van der Waals surface area (Å²) >= 11 is 0. The molecule has 1 aromatic rings. The summed E-state index contributed by atoms with van der Waals surface area (Å²) in [5.41, 5.74) is 0.525. The molecule has 0 radical (unpaired) electrons. The molecule has 1 amide bonds. The number of hydrogen-bond donors (Lipinski definition) is 1. The van der Waals surface area contributed by atoms with E-state index >= 15 is 0 Å². The summed E-state index contributed by atoms with van der Waals surface area (Å²) in [4.78, 5) is 21.7. The van der Waals surface area contributed by atoms with E-state index in [1.807, 2.05) is 0 Å². The van der Waals surface area contributed by atoms with Gasteiger partial charge in [-0.2, -0.15) is 0 Å². The molecule has 1 atom stereocenters. The third-order valence-corrected chi connectivity index (χ3v) is 1.92. The lowest BCUT2D eigenvalue weighted by Crippen LogP contribution is -2.33. The number of benzene rings is 1. The molecule has 0 fully saturated rings. The SMILES string of the molecule is CNC(=O)C(C)Oc1cccc(C=O)c1. The lowest BCUT2D eigenvalue weighted by Gasteiger charge is -2.12. The van der Waals surface area contributed by atoms with Crippen molar-refractivity contribution in [2.75, 3.05) is 7.05 Å². The summed E-state index contributed by atoms with van der Waals surface area (Å²) in [6.07, 6.45) is 0.161. The van der Waals surface area contributed by atoms with Gasteiger partial charge >= 0.3 is 0 Å². The number of aldehydes is 1. The second-order valence-corrected chi connectivity index (χ2v) is 3.06. The summed E-state index contributed by atoms with van der Waals surface area (Å²) in [6.45, 7) is 1.65. The number of nitrogens with one attached hydrogen (secondary N) is 1. The van der Waals surface area contributed by atoms with Gasteiger partial charge in [0.1, 0.15) is 12.0 Å². The van der Waals surface area contributed by atoms with Gasteiger partial charge < -0.3 is 10.1 Å². The molecule has 1 rings (SSSR count). The molecule has 1 unspecified atom stereocenters. The first kappa shape index (κ1) is 11.2. The van der Waals surface area contributed by atoms with Crippen LogP contribution in [0.3, 0.4) is 0 Å². The number of carbonyl (C=O) groups is 2. The molecule has 0 bridgehead atoms. The monoisotopic (exact) mass is 207 g/mol. The number of hydrogen-bond acceptors (Lipinski definition) is 3. The average molecular weight is 207 g/mol. The predicted octanol–water partition coefficient (Wildman–Crippen LogP) is 1.01. The van der Waals surface area contributed by atoms with Crippen LogP contribution in [0.15, 0.2) is 24.3 Å². The Morgan fingerprint density at radius 1 is 1.53 bits per heavy atom. The fourth-order valence-corrected chi connectivity index (χ4v) is 1.12. The maximum Gasteiger partial charge on any atom is 0.260 e. The zero-order chi connectivity index (χ0) is 11.3. The lowest BCUT2D eigenvalue weighted by molar-refractivity contribution is -0.126. The van der Waals surface area contributed by atoms with Crippen molar-refractivity contribution in [3.8, 4) is 5.75 Å². The molecule has 1 N–H and O–H groups in total. The molecule has 0 saturated heterocycles. The fraction of sp³-hybridized carbons (Fsp3) is 0.273. The molecule has 0 spiro atoms. The first-order valence-corrected chi connectivity index (χ1v) is 4.61. The van der Waals surface area contributed by atoms with Crippen LogP contribution in [0.25, 0.3) is 0 Å². The normalized spacial score (nSPS) is 11.6. The van der Waals surface area contributed by atoms with E-state index in [4.69, 9.17) is 4.74 Å². The molecule has 0 heterocycles. The highest BCUT2D eigenvalue weighted by Crippen LogP contribution is 2.13. The smallest absolute Gasteiger partial charge is 0.260 e. The largest absolute Gasteiger partial charge is 0.481 e. The van der Waals surface area contributed by atoms with E-state index in [1.54, 1.807) is 38.2 Å². The van der Waals surface area contributed by atoms with E-state index in [0.29, 0.717) is 11.3 Å². The number of rotatable bonds is 4. The van der Waals surface area contributed by atoms with Gasteiger partial charge in [-0.05, 0) is 19.1 Å². The van der Waals surface area contributed by atoms with Crippen LogP contribution in [-0.4, -0.2) is 25.3 Å². The highest BCUT2D eigenvalue weighted by molar-refractivity contribution is 5.80. The molecule has 4 nitrogen and oxygen atoms in total. The van der Waals surface area contributed by atoms with Gasteiger partial charge in [0.15, 0.2) is 6.10 Å². The Bertz CT molecular complexity index is 363. The molecule has 4 heteroatoms. The van der Waals surface area contributed by atoms with Crippen LogP contribution < -0.4 is 10.1 Å². The van der Waals surface area contributed by atoms with Gasteiger partial charge in [0.25, 0.3) is 5.91 Å². The van der Waals surface area contributed by atoms with E-state index in [-0.39, 0.29) is 5.91 Å². The topological polar surface area (TPSA) is 55.4 Å². The van der Waals surface area contributed by atoms with E-state index in [0.717, 1.165) is 6.29 Å². The van der Waals surface area contributed by atoms with Crippen LogP contribution in [-0.2, 0) is 4.79 Å². The third-order valence-electron chi connectivity index (χ3n) is 1.92. The third kappa shape index (κ3) is 3.09. The van der Waals surface area contributed by atoms with Gasteiger partial charge in [0.2, 0.25) is 0 Å². The molecular formula is C11H13NO3. The molecule has 0 aliphatic rings. The van der Waals surface area contributed by atoms with Gasteiger partial charge in [-0.1, -0.05) is 12.1 Å². The Labute approximate surface area is 88.2 Å². The van der Waals surface area contributed by atoms with Crippen LogP contribution in [0.2, 0.25) is 0 Å². The van der Waals surface area contributed by atoms with Crippen molar-refractivity contribution in [2.24, 2.45) is 0 Å². The van der Waals surface area contributed by atoms with Crippen LogP contribution in [0, 0.1) is 0 Å². The summed E-state index contributed by atoms with van der Waals surface area (Å²) in [5, 5.41) is 2.48. The molecule has 0 aliphatic carbocycles. The van der Waals surface area contributed by atoms with E-state index in [1.165, 1.54) is 0 Å². The van der Waals surface area contributed by atoms with Crippen molar-refractivity contribution in [1.82, 2.24) is 5.32 Å². The Balaban J connectivity index is 2.71. The molecular weight excluding hydrogens is 194 g/mol. The predicted molar refractivity (Wildman–Crippen MR) is 56.0 cm³/mol. The minimum atomic E-state index is -0.572. The summed E-state index contributed by atoms with van der Waals surface area (Å²) in [5.74, 6) is 0.308. The van der Waals surface area contributed by atoms with Crippen LogP contribution >= 0.6 is 0 Å². The molecule has 0 aromatic heterocycles. The van der Waals surface area contributed by atoms with E-state index in [9.17, 15) is 9.59 Å². The summed E-state index contributed by atoms with van der Waals surface area (Å²) < 4.78 is 5.34. The minimum Gasteiger partial charge on any atom is -0.481 e. The van der Waals surface area contributed by atoms with Crippen molar-refractivity contribution >= 4 is 12.2 Å². The van der Waals surface area contributed by atoms with Crippen molar-refractivity contribution < 1.29 is 14.3 Å².